The molecule has 1 fully saturated rings. The van der Waals surface area contributed by atoms with Crippen molar-refractivity contribution in [3.8, 4) is 22.4 Å². The average molecular weight is 540 g/mol. The van der Waals surface area contributed by atoms with Crippen molar-refractivity contribution in [1.82, 2.24) is 29.8 Å². The molecule has 1 aliphatic heterocycles. The van der Waals surface area contributed by atoms with Gasteiger partial charge in [0.1, 0.15) is 0 Å². The lowest BCUT2D eigenvalue weighted by Crippen LogP contribution is -2.57. The highest BCUT2D eigenvalue weighted by Crippen LogP contribution is 2.31. The number of piperazine rings is 1. The van der Waals surface area contributed by atoms with Crippen molar-refractivity contribution in [3.05, 3.63) is 77.7 Å². The smallest absolute Gasteiger partial charge is 0.252 e. The molecule has 8 heteroatoms. The molecule has 0 spiro atoms. The van der Waals surface area contributed by atoms with Gasteiger partial charge in [-0.2, -0.15) is 10.2 Å². The maximum atomic E-state index is 13.7. The minimum atomic E-state index is -0.207. The molecular formula is C32H41N7O. The van der Waals surface area contributed by atoms with E-state index in [4.69, 9.17) is 5.10 Å². The molecule has 1 aliphatic rings. The number of anilines is 1. The van der Waals surface area contributed by atoms with Crippen LogP contribution in [0.3, 0.4) is 0 Å². The van der Waals surface area contributed by atoms with E-state index in [0.29, 0.717) is 5.56 Å². The van der Waals surface area contributed by atoms with Crippen LogP contribution in [0.5, 0.6) is 0 Å². The summed E-state index contributed by atoms with van der Waals surface area (Å²) in [5.74, 6) is -0.0659. The van der Waals surface area contributed by atoms with Crippen LogP contribution in [0, 0.1) is 6.92 Å². The second kappa shape index (κ2) is 10.9. The molecule has 2 aromatic heterocycles. The van der Waals surface area contributed by atoms with Gasteiger partial charge in [-0.05, 0) is 94.8 Å². The molecule has 4 aromatic rings. The monoisotopic (exact) mass is 539 g/mol. The van der Waals surface area contributed by atoms with E-state index in [1.54, 1.807) is 4.68 Å². The molecule has 5 rings (SSSR count). The molecule has 0 radical (unpaired) electrons. The SMILES string of the molecule is CCn1ccc(-c2cc(-c3cnn(C)c3)cc([C@@H](C)NC(=O)c3cc(N4CCN(C)C(C)(C)C4)ccc3C)c2)n1. The highest BCUT2D eigenvalue weighted by atomic mass is 16.1. The third-order valence-corrected chi connectivity index (χ3v) is 8.25. The number of hydrogen-bond donors (Lipinski definition) is 1. The Morgan fingerprint density at radius 2 is 1.82 bits per heavy atom. The Hall–Kier alpha value is -3.91. The Morgan fingerprint density at radius 3 is 2.50 bits per heavy atom. The second-order valence-electron chi connectivity index (χ2n) is 11.7. The Morgan fingerprint density at radius 1 is 1.05 bits per heavy atom. The minimum absolute atomic E-state index is 0.0659. The number of likely N-dealkylation sites (N-methyl/N-ethyl adjacent to an activating group) is 1. The van der Waals surface area contributed by atoms with E-state index in [0.717, 1.165) is 65.4 Å². The lowest BCUT2D eigenvalue weighted by Gasteiger charge is -2.46. The average Bonchev–Trinajstić information content (AvgIpc) is 3.59. The van der Waals surface area contributed by atoms with Gasteiger partial charge in [0.05, 0.1) is 17.9 Å². The Bertz CT molecular complexity index is 1520. The normalized spacial score (nSPS) is 16.2. The lowest BCUT2D eigenvalue weighted by molar-refractivity contribution is 0.0939. The van der Waals surface area contributed by atoms with Crippen molar-refractivity contribution in [2.75, 3.05) is 31.6 Å². The number of nitrogens with one attached hydrogen (secondary N) is 1. The van der Waals surface area contributed by atoms with Crippen LogP contribution in [-0.4, -0.2) is 62.6 Å². The van der Waals surface area contributed by atoms with Gasteiger partial charge in [0.15, 0.2) is 0 Å². The molecule has 0 saturated carbocycles. The first-order valence-electron chi connectivity index (χ1n) is 14.1. The van der Waals surface area contributed by atoms with Gasteiger partial charge in [0, 0.05) is 73.5 Å². The molecule has 40 heavy (non-hydrogen) atoms. The van der Waals surface area contributed by atoms with Gasteiger partial charge in [-0.1, -0.05) is 6.07 Å². The van der Waals surface area contributed by atoms with E-state index in [1.165, 1.54) is 0 Å². The predicted molar refractivity (Wildman–Crippen MR) is 162 cm³/mol. The maximum absolute atomic E-state index is 13.7. The minimum Gasteiger partial charge on any atom is -0.368 e. The van der Waals surface area contributed by atoms with Gasteiger partial charge in [-0.15, -0.1) is 0 Å². The zero-order valence-electron chi connectivity index (χ0n) is 24.8. The van der Waals surface area contributed by atoms with Crippen molar-refractivity contribution in [2.24, 2.45) is 7.05 Å². The van der Waals surface area contributed by atoms with Crippen LogP contribution in [0.15, 0.2) is 61.1 Å². The van der Waals surface area contributed by atoms with Crippen LogP contribution in [0.25, 0.3) is 22.4 Å². The van der Waals surface area contributed by atoms with Crippen molar-refractivity contribution in [1.29, 1.82) is 0 Å². The molecule has 210 valence electrons. The first kappa shape index (κ1) is 27.6. The van der Waals surface area contributed by atoms with Crippen LogP contribution < -0.4 is 10.2 Å². The van der Waals surface area contributed by atoms with Gasteiger partial charge in [-0.25, -0.2) is 0 Å². The lowest BCUT2D eigenvalue weighted by atomic mass is 9.96. The van der Waals surface area contributed by atoms with E-state index in [9.17, 15) is 4.79 Å². The fourth-order valence-corrected chi connectivity index (χ4v) is 5.35. The largest absolute Gasteiger partial charge is 0.368 e. The summed E-state index contributed by atoms with van der Waals surface area (Å²) >= 11 is 0. The quantitative estimate of drug-likeness (QED) is 0.345. The van der Waals surface area contributed by atoms with Crippen LogP contribution in [0.4, 0.5) is 5.69 Å². The number of hydrogen-bond acceptors (Lipinski definition) is 5. The summed E-state index contributed by atoms with van der Waals surface area (Å²) in [6, 6.07) is 14.5. The summed E-state index contributed by atoms with van der Waals surface area (Å²) in [6.45, 7) is 14.3. The van der Waals surface area contributed by atoms with Crippen LogP contribution in [0.2, 0.25) is 0 Å². The third-order valence-electron chi connectivity index (χ3n) is 8.25. The highest BCUT2D eigenvalue weighted by Gasteiger charge is 2.31. The summed E-state index contributed by atoms with van der Waals surface area (Å²) in [4.78, 5) is 18.4. The highest BCUT2D eigenvalue weighted by molar-refractivity contribution is 5.97. The summed E-state index contributed by atoms with van der Waals surface area (Å²) in [6.07, 6.45) is 5.87. The van der Waals surface area contributed by atoms with E-state index < -0.39 is 0 Å². The van der Waals surface area contributed by atoms with Crippen LogP contribution in [-0.2, 0) is 13.6 Å². The van der Waals surface area contributed by atoms with Crippen LogP contribution >= 0.6 is 0 Å². The fourth-order valence-electron chi connectivity index (χ4n) is 5.35. The van der Waals surface area contributed by atoms with Crippen LogP contribution in [0.1, 0.15) is 55.2 Å². The number of carbonyl (C=O) groups excluding carboxylic acids is 1. The molecule has 8 nitrogen and oxygen atoms in total. The number of benzene rings is 2. The number of carbonyl (C=O) groups is 1. The molecule has 0 aliphatic carbocycles. The summed E-state index contributed by atoms with van der Waals surface area (Å²) in [5.41, 5.74) is 7.86. The van der Waals surface area contributed by atoms with Gasteiger partial charge in [0.2, 0.25) is 0 Å². The Labute approximate surface area is 237 Å². The number of nitrogens with zero attached hydrogens (tertiary/aromatic N) is 6. The zero-order chi connectivity index (χ0) is 28.6. The van der Waals surface area contributed by atoms with Gasteiger partial charge in [0.25, 0.3) is 5.91 Å². The Balaban J connectivity index is 1.42. The third kappa shape index (κ3) is 5.68. The molecule has 0 unspecified atom stereocenters. The maximum Gasteiger partial charge on any atom is 0.252 e. The molecule has 1 amide bonds. The molecule has 1 atom stereocenters. The van der Waals surface area contributed by atoms with Gasteiger partial charge in [-0.3, -0.25) is 19.1 Å². The molecular weight excluding hydrogens is 498 g/mol. The van der Waals surface area contributed by atoms with Gasteiger partial charge < -0.3 is 10.2 Å². The molecule has 0 bridgehead atoms. The second-order valence-corrected chi connectivity index (χ2v) is 11.7. The number of amides is 1. The van der Waals surface area contributed by atoms with E-state index in [1.807, 2.05) is 56.3 Å². The van der Waals surface area contributed by atoms with Crippen molar-refractivity contribution < 1.29 is 4.79 Å². The molecule has 3 heterocycles. The van der Waals surface area contributed by atoms with E-state index in [-0.39, 0.29) is 17.5 Å². The molecule has 2 aromatic carbocycles. The first-order chi connectivity index (χ1) is 19.0. The molecule has 1 N–H and O–H groups in total. The van der Waals surface area contributed by atoms with Crippen molar-refractivity contribution >= 4 is 11.6 Å². The standard InChI is InChI=1S/C32H41N7O/c1-8-39-12-11-30(35-39)26-16-24(15-25(17-26)27-19-33-37(7)20-27)23(3)34-31(40)29-18-28(10-9-22(29)2)38-14-13-36(6)32(4,5)21-38/h9-12,15-20,23H,8,13-14,21H2,1-7H3,(H,34,40)/t23-/m1/s1. The van der Waals surface area contributed by atoms with Crippen molar-refractivity contribution in [3.63, 3.8) is 0 Å². The number of aromatic nitrogens is 4. The fraction of sp³-hybridized carbons (Fsp3) is 0.406. The predicted octanol–water partition coefficient (Wildman–Crippen LogP) is 5.30. The van der Waals surface area contributed by atoms with Crippen molar-refractivity contribution in [2.45, 2.75) is 52.7 Å². The molecule has 1 saturated heterocycles. The Kier molecular flexibility index (Phi) is 7.55. The number of aryl methyl sites for hydroxylation is 3. The summed E-state index contributed by atoms with van der Waals surface area (Å²) in [5, 5.41) is 12.4. The zero-order valence-corrected chi connectivity index (χ0v) is 24.8. The van der Waals surface area contributed by atoms with E-state index >= 15 is 0 Å². The topological polar surface area (TPSA) is 71.2 Å². The number of rotatable bonds is 7. The first-order valence-corrected chi connectivity index (χ1v) is 14.1. The van der Waals surface area contributed by atoms with E-state index in [2.05, 4.69) is 78.4 Å². The van der Waals surface area contributed by atoms with Gasteiger partial charge >= 0.3 is 0 Å². The summed E-state index contributed by atoms with van der Waals surface area (Å²) < 4.78 is 3.73. The summed E-state index contributed by atoms with van der Waals surface area (Å²) in [7, 11) is 4.09.